The predicted octanol–water partition coefficient (Wildman–Crippen LogP) is 4.11. The first-order valence-corrected chi connectivity index (χ1v) is 7.61. The number of nitrogens with zero attached hydrogens (tertiary/aromatic N) is 2. The van der Waals surface area contributed by atoms with E-state index in [2.05, 4.69) is 4.98 Å². The van der Waals surface area contributed by atoms with Gasteiger partial charge in [-0.15, -0.1) is 0 Å². The topological polar surface area (TPSA) is 53.4 Å². The van der Waals surface area contributed by atoms with Gasteiger partial charge in [0, 0.05) is 11.6 Å². The largest absolute Gasteiger partial charge is 0.494 e. The number of carbonyl (C=O) groups excluding carboxylic acids is 1. The molecule has 0 amide bonds. The molecule has 1 aromatic carbocycles. The number of pyridine rings is 1. The molecule has 0 bridgehead atoms. The molecule has 23 heavy (non-hydrogen) atoms. The lowest BCUT2D eigenvalue weighted by Crippen LogP contribution is -2.15. The van der Waals surface area contributed by atoms with Crippen molar-refractivity contribution in [1.29, 1.82) is 0 Å². The molecule has 0 saturated carbocycles. The Morgan fingerprint density at radius 2 is 1.91 bits per heavy atom. The number of hydrogen-bond acceptors (Lipinski definition) is 4. The minimum atomic E-state index is -0.426. The van der Waals surface area contributed by atoms with Crippen molar-refractivity contribution in [1.82, 2.24) is 9.55 Å². The van der Waals surface area contributed by atoms with E-state index in [0.717, 1.165) is 22.4 Å². The molecule has 0 aliphatic rings. The molecule has 5 heteroatoms. The molecule has 0 fully saturated rings. The van der Waals surface area contributed by atoms with Crippen LogP contribution in [-0.2, 0) is 4.74 Å². The van der Waals surface area contributed by atoms with Crippen LogP contribution in [0.1, 0.15) is 13.8 Å². The summed E-state index contributed by atoms with van der Waals surface area (Å²) in [4.78, 5) is 16.7. The third kappa shape index (κ3) is 2.90. The van der Waals surface area contributed by atoms with Crippen molar-refractivity contribution in [3.63, 3.8) is 0 Å². The van der Waals surface area contributed by atoms with Gasteiger partial charge in [0.1, 0.15) is 11.4 Å². The molecule has 3 aromatic rings. The monoisotopic (exact) mass is 310 g/mol. The van der Waals surface area contributed by atoms with Crippen molar-refractivity contribution in [2.45, 2.75) is 13.8 Å². The average Bonchev–Trinajstić information content (AvgIpc) is 2.95. The van der Waals surface area contributed by atoms with E-state index in [9.17, 15) is 4.79 Å². The van der Waals surface area contributed by atoms with E-state index >= 15 is 0 Å². The number of carbonyl (C=O) groups is 1. The van der Waals surface area contributed by atoms with Gasteiger partial charge in [-0.05, 0) is 61.9 Å². The third-order valence-corrected chi connectivity index (χ3v) is 3.47. The van der Waals surface area contributed by atoms with Crippen molar-refractivity contribution < 1.29 is 14.3 Å². The smallest absolute Gasteiger partial charge is 0.420 e. The second kappa shape index (κ2) is 6.52. The number of aromatic nitrogens is 2. The maximum Gasteiger partial charge on any atom is 0.420 e. The summed E-state index contributed by atoms with van der Waals surface area (Å²) in [5.41, 5.74) is 2.24. The van der Waals surface area contributed by atoms with Crippen molar-refractivity contribution in [2.75, 3.05) is 13.2 Å². The number of benzene rings is 1. The van der Waals surface area contributed by atoms with Crippen molar-refractivity contribution in [3.05, 3.63) is 48.7 Å². The standard InChI is InChI=1S/C18H18N2O3/c1-3-22-15-9-7-13(8-10-15)16-12-14-6-5-11-19-17(14)20(16)18(21)23-4-2/h5-12H,3-4H2,1-2H3. The molecule has 118 valence electrons. The summed E-state index contributed by atoms with van der Waals surface area (Å²) in [6.07, 6.45) is 1.24. The van der Waals surface area contributed by atoms with Crippen LogP contribution in [-0.4, -0.2) is 28.9 Å². The summed E-state index contributed by atoms with van der Waals surface area (Å²) in [6.45, 7) is 4.66. The Hall–Kier alpha value is -2.82. The summed E-state index contributed by atoms with van der Waals surface area (Å²) < 4.78 is 12.1. The van der Waals surface area contributed by atoms with Crippen LogP contribution in [0.5, 0.6) is 5.75 Å². The highest BCUT2D eigenvalue weighted by Crippen LogP contribution is 2.28. The van der Waals surface area contributed by atoms with Crippen molar-refractivity contribution in [3.8, 4) is 17.0 Å². The minimum Gasteiger partial charge on any atom is -0.494 e. The van der Waals surface area contributed by atoms with E-state index in [1.807, 2.05) is 49.4 Å². The summed E-state index contributed by atoms with van der Waals surface area (Å²) in [5.74, 6) is 0.799. The Bertz CT molecular complexity index is 822. The highest BCUT2D eigenvalue weighted by atomic mass is 16.5. The molecule has 0 N–H and O–H groups in total. The first-order valence-electron chi connectivity index (χ1n) is 7.61. The zero-order valence-corrected chi connectivity index (χ0v) is 13.2. The minimum absolute atomic E-state index is 0.314. The zero-order valence-electron chi connectivity index (χ0n) is 13.2. The molecule has 0 saturated heterocycles. The molecule has 0 unspecified atom stereocenters. The summed E-state index contributed by atoms with van der Waals surface area (Å²) >= 11 is 0. The Morgan fingerprint density at radius 1 is 1.13 bits per heavy atom. The van der Waals surface area contributed by atoms with E-state index in [0.29, 0.717) is 18.9 Å². The van der Waals surface area contributed by atoms with Gasteiger partial charge in [-0.1, -0.05) is 0 Å². The van der Waals surface area contributed by atoms with Crippen LogP contribution in [0.2, 0.25) is 0 Å². The Balaban J connectivity index is 2.12. The average molecular weight is 310 g/mol. The fraction of sp³-hybridized carbons (Fsp3) is 0.222. The second-order valence-corrected chi connectivity index (χ2v) is 4.94. The summed E-state index contributed by atoms with van der Waals surface area (Å²) in [5, 5.41) is 0.893. The van der Waals surface area contributed by atoms with Crippen LogP contribution in [0.3, 0.4) is 0 Å². The maximum atomic E-state index is 12.4. The SMILES string of the molecule is CCOC(=O)n1c(-c2ccc(OCC)cc2)cc2cccnc21. The molecule has 0 spiro atoms. The van der Waals surface area contributed by atoms with Gasteiger partial charge >= 0.3 is 6.09 Å². The molecule has 0 aliphatic carbocycles. The molecule has 0 aliphatic heterocycles. The van der Waals surface area contributed by atoms with Crippen LogP contribution in [0.25, 0.3) is 22.3 Å². The third-order valence-electron chi connectivity index (χ3n) is 3.47. The maximum absolute atomic E-state index is 12.4. The van der Waals surface area contributed by atoms with Gasteiger partial charge in [0.15, 0.2) is 0 Å². The first-order chi connectivity index (χ1) is 11.2. The van der Waals surface area contributed by atoms with Gasteiger partial charge < -0.3 is 9.47 Å². The highest BCUT2D eigenvalue weighted by Gasteiger charge is 2.18. The van der Waals surface area contributed by atoms with Gasteiger partial charge in [0.2, 0.25) is 0 Å². The molecule has 3 rings (SSSR count). The number of ether oxygens (including phenoxy) is 2. The predicted molar refractivity (Wildman–Crippen MR) is 88.8 cm³/mol. The lowest BCUT2D eigenvalue weighted by molar-refractivity contribution is 0.155. The fourth-order valence-electron chi connectivity index (χ4n) is 2.51. The summed E-state index contributed by atoms with van der Waals surface area (Å²) in [6, 6.07) is 13.3. The van der Waals surface area contributed by atoms with Gasteiger partial charge in [0.05, 0.1) is 18.9 Å². The van der Waals surface area contributed by atoms with Crippen LogP contribution >= 0.6 is 0 Å². The van der Waals surface area contributed by atoms with Crippen LogP contribution < -0.4 is 4.74 Å². The number of hydrogen-bond donors (Lipinski definition) is 0. The van der Waals surface area contributed by atoms with Crippen LogP contribution in [0.15, 0.2) is 48.7 Å². The van der Waals surface area contributed by atoms with Crippen molar-refractivity contribution in [2.24, 2.45) is 0 Å². The Kier molecular flexibility index (Phi) is 4.28. The highest BCUT2D eigenvalue weighted by molar-refractivity contribution is 5.94. The molecule has 2 heterocycles. The van der Waals surface area contributed by atoms with E-state index in [-0.39, 0.29) is 0 Å². The van der Waals surface area contributed by atoms with Crippen molar-refractivity contribution >= 4 is 17.1 Å². The van der Waals surface area contributed by atoms with Gasteiger partial charge in [-0.2, -0.15) is 0 Å². The lowest BCUT2D eigenvalue weighted by atomic mass is 10.1. The van der Waals surface area contributed by atoms with E-state index < -0.39 is 6.09 Å². The van der Waals surface area contributed by atoms with E-state index in [1.165, 1.54) is 4.57 Å². The molecular weight excluding hydrogens is 292 g/mol. The number of fused-ring (bicyclic) bond motifs is 1. The lowest BCUT2D eigenvalue weighted by Gasteiger charge is -2.09. The van der Waals surface area contributed by atoms with Crippen LogP contribution in [0.4, 0.5) is 4.79 Å². The Morgan fingerprint density at radius 3 is 2.61 bits per heavy atom. The van der Waals surface area contributed by atoms with Gasteiger partial charge in [-0.3, -0.25) is 0 Å². The molecule has 0 radical (unpaired) electrons. The molecular formula is C18H18N2O3. The first kappa shape index (κ1) is 15.1. The van der Waals surface area contributed by atoms with Crippen LogP contribution in [0, 0.1) is 0 Å². The zero-order chi connectivity index (χ0) is 16.2. The van der Waals surface area contributed by atoms with Gasteiger partial charge in [-0.25, -0.2) is 14.3 Å². The van der Waals surface area contributed by atoms with E-state index in [1.54, 1.807) is 13.1 Å². The molecule has 5 nitrogen and oxygen atoms in total. The second-order valence-electron chi connectivity index (χ2n) is 4.94. The summed E-state index contributed by atoms with van der Waals surface area (Å²) in [7, 11) is 0. The molecule has 2 aromatic heterocycles. The number of rotatable bonds is 4. The normalized spacial score (nSPS) is 10.7. The quantitative estimate of drug-likeness (QED) is 0.728. The van der Waals surface area contributed by atoms with Gasteiger partial charge in [0.25, 0.3) is 0 Å². The fourth-order valence-corrected chi connectivity index (χ4v) is 2.51. The van der Waals surface area contributed by atoms with E-state index in [4.69, 9.17) is 9.47 Å². The Labute approximate surface area is 134 Å². The molecule has 0 atom stereocenters.